The third-order valence-electron chi connectivity index (χ3n) is 4.10. The van der Waals surface area contributed by atoms with E-state index in [1.165, 1.54) is 12.1 Å². The lowest BCUT2D eigenvalue weighted by molar-refractivity contribution is 0.0596. The second-order valence-corrected chi connectivity index (χ2v) is 5.94. The first kappa shape index (κ1) is 12.7. The number of carbonyl (C=O) groups excluding carboxylic acids is 1. The molecular formula is C14H15ClFNO2. The molecule has 0 aliphatic carbocycles. The maximum Gasteiger partial charge on any atom is 0.258 e. The van der Waals surface area contributed by atoms with Gasteiger partial charge in [-0.3, -0.25) is 4.79 Å². The molecule has 2 atom stereocenters. The van der Waals surface area contributed by atoms with Crippen LogP contribution >= 0.6 is 11.6 Å². The highest BCUT2D eigenvalue weighted by molar-refractivity contribution is 6.20. The molecule has 0 radical (unpaired) electrons. The fourth-order valence-corrected chi connectivity index (χ4v) is 3.68. The van der Waals surface area contributed by atoms with Crippen LogP contribution in [0.2, 0.25) is 0 Å². The topological polar surface area (TPSA) is 40.5 Å². The van der Waals surface area contributed by atoms with Crippen LogP contribution in [0.1, 0.15) is 36.0 Å². The van der Waals surface area contributed by atoms with Gasteiger partial charge in [-0.25, -0.2) is 4.39 Å². The van der Waals surface area contributed by atoms with Crippen LogP contribution in [0.4, 0.5) is 4.39 Å². The van der Waals surface area contributed by atoms with Crippen LogP contribution in [-0.4, -0.2) is 33.4 Å². The minimum atomic E-state index is -0.545. The summed E-state index contributed by atoms with van der Waals surface area (Å²) in [4.78, 5) is 14.3. The number of halogens is 2. The van der Waals surface area contributed by atoms with Crippen molar-refractivity contribution in [2.75, 3.05) is 0 Å². The number of phenols is 1. The van der Waals surface area contributed by atoms with Gasteiger partial charge < -0.3 is 10.0 Å². The van der Waals surface area contributed by atoms with E-state index in [2.05, 4.69) is 0 Å². The van der Waals surface area contributed by atoms with Crippen molar-refractivity contribution in [2.45, 2.75) is 43.1 Å². The van der Waals surface area contributed by atoms with Gasteiger partial charge in [0.15, 0.2) is 0 Å². The second-order valence-electron chi connectivity index (χ2n) is 5.33. The summed E-state index contributed by atoms with van der Waals surface area (Å²) in [6, 6.07) is 3.82. The molecule has 2 bridgehead atoms. The highest BCUT2D eigenvalue weighted by Crippen LogP contribution is 2.39. The smallest absolute Gasteiger partial charge is 0.258 e. The average molecular weight is 284 g/mol. The number of phenolic OH excluding ortho intramolecular Hbond substituents is 1. The van der Waals surface area contributed by atoms with Crippen molar-refractivity contribution in [3.8, 4) is 5.75 Å². The third kappa shape index (κ3) is 2.18. The first-order chi connectivity index (χ1) is 9.06. The zero-order valence-corrected chi connectivity index (χ0v) is 11.1. The summed E-state index contributed by atoms with van der Waals surface area (Å²) in [7, 11) is 0. The number of nitrogens with zero attached hydrogens (tertiary/aromatic N) is 1. The Hall–Kier alpha value is -1.29. The first-order valence-electron chi connectivity index (χ1n) is 6.51. The summed E-state index contributed by atoms with van der Waals surface area (Å²) in [6.07, 6.45) is 3.51. The molecule has 2 heterocycles. The van der Waals surface area contributed by atoms with Crippen molar-refractivity contribution in [1.29, 1.82) is 0 Å². The maximum atomic E-state index is 13.0. The molecule has 0 spiro atoms. The number of aromatic hydroxyl groups is 1. The molecule has 1 aromatic carbocycles. The van der Waals surface area contributed by atoms with E-state index in [0.29, 0.717) is 0 Å². The number of carbonyl (C=O) groups is 1. The van der Waals surface area contributed by atoms with Gasteiger partial charge in [-0.1, -0.05) is 0 Å². The van der Waals surface area contributed by atoms with E-state index < -0.39 is 5.82 Å². The van der Waals surface area contributed by atoms with Crippen molar-refractivity contribution in [1.82, 2.24) is 4.90 Å². The molecule has 102 valence electrons. The summed E-state index contributed by atoms with van der Waals surface area (Å²) in [5.74, 6) is -1.05. The molecule has 1 amide bonds. The lowest BCUT2D eigenvalue weighted by atomic mass is 10.0. The van der Waals surface area contributed by atoms with Crippen molar-refractivity contribution >= 4 is 17.5 Å². The number of piperidine rings is 1. The van der Waals surface area contributed by atoms with Crippen molar-refractivity contribution in [3.63, 3.8) is 0 Å². The summed E-state index contributed by atoms with van der Waals surface area (Å²) in [5.41, 5.74) is 0.173. The molecule has 2 aliphatic rings. The number of rotatable bonds is 1. The van der Waals surface area contributed by atoms with E-state index in [-0.39, 0.29) is 34.7 Å². The normalized spacial score (nSPS) is 29.6. The number of amides is 1. The molecule has 1 aromatic rings. The van der Waals surface area contributed by atoms with Gasteiger partial charge in [0.05, 0.1) is 5.56 Å². The molecule has 0 aromatic heterocycles. The molecule has 0 saturated carbocycles. The zero-order valence-electron chi connectivity index (χ0n) is 10.4. The predicted molar refractivity (Wildman–Crippen MR) is 69.9 cm³/mol. The highest BCUT2D eigenvalue weighted by atomic mass is 35.5. The minimum Gasteiger partial charge on any atom is -0.507 e. The maximum absolute atomic E-state index is 13.0. The molecule has 3 rings (SSSR count). The molecule has 2 aliphatic heterocycles. The Morgan fingerprint density at radius 2 is 1.95 bits per heavy atom. The molecule has 5 heteroatoms. The number of hydrogen-bond acceptors (Lipinski definition) is 2. The summed E-state index contributed by atoms with van der Waals surface area (Å²) < 4.78 is 13.0. The number of alkyl halides is 1. The van der Waals surface area contributed by atoms with Gasteiger partial charge in [-0.2, -0.15) is 0 Å². The van der Waals surface area contributed by atoms with Gasteiger partial charge in [-0.05, 0) is 37.8 Å². The van der Waals surface area contributed by atoms with Crippen molar-refractivity contribution in [3.05, 3.63) is 29.6 Å². The molecule has 2 unspecified atom stereocenters. The van der Waals surface area contributed by atoms with E-state index in [1.807, 2.05) is 4.90 Å². The van der Waals surface area contributed by atoms with Gasteiger partial charge in [0.1, 0.15) is 11.6 Å². The minimum absolute atomic E-state index is 0.128. The second kappa shape index (κ2) is 4.67. The van der Waals surface area contributed by atoms with Crippen LogP contribution < -0.4 is 0 Å². The van der Waals surface area contributed by atoms with Crippen LogP contribution in [-0.2, 0) is 0 Å². The standard InChI is InChI=1S/C14H15ClFNO2/c15-8-5-10-2-3-11(6-8)17(10)14(19)12-4-1-9(16)7-13(12)18/h1,4,7-8,10-11,18H,2-3,5-6H2. The van der Waals surface area contributed by atoms with Crippen LogP contribution in [0.25, 0.3) is 0 Å². The van der Waals surface area contributed by atoms with E-state index in [0.717, 1.165) is 31.7 Å². The molecule has 2 saturated heterocycles. The van der Waals surface area contributed by atoms with E-state index in [9.17, 15) is 14.3 Å². The molecule has 3 nitrogen and oxygen atoms in total. The van der Waals surface area contributed by atoms with Crippen molar-refractivity contribution in [2.24, 2.45) is 0 Å². The quantitative estimate of drug-likeness (QED) is 0.805. The lowest BCUT2D eigenvalue weighted by Gasteiger charge is -2.37. The fraction of sp³-hybridized carbons (Fsp3) is 0.500. The van der Waals surface area contributed by atoms with Crippen LogP contribution in [0, 0.1) is 5.82 Å². The van der Waals surface area contributed by atoms with Gasteiger partial charge in [0.2, 0.25) is 0 Å². The van der Waals surface area contributed by atoms with Gasteiger partial charge in [0, 0.05) is 23.5 Å². The van der Waals surface area contributed by atoms with Gasteiger partial charge in [-0.15, -0.1) is 11.6 Å². The van der Waals surface area contributed by atoms with Crippen LogP contribution in [0.3, 0.4) is 0 Å². The summed E-state index contributed by atoms with van der Waals surface area (Å²) >= 11 is 6.18. The Bertz CT molecular complexity index is 508. The fourth-order valence-electron chi connectivity index (χ4n) is 3.27. The molecule has 19 heavy (non-hydrogen) atoms. The van der Waals surface area contributed by atoms with Crippen molar-refractivity contribution < 1.29 is 14.3 Å². The van der Waals surface area contributed by atoms with Crippen LogP contribution in [0.5, 0.6) is 5.75 Å². The first-order valence-corrected chi connectivity index (χ1v) is 6.95. The van der Waals surface area contributed by atoms with E-state index >= 15 is 0 Å². The average Bonchev–Trinajstić information content (AvgIpc) is 2.61. The Morgan fingerprint density at radius 1 is 1.32 bits per heavy atom. The van der Waals surface area contributed by atoms with Crippen LogP contribution in [0.15, 0.2) is 18.2 Å². The third-order valence-corrected chi connectivity index (χ3v) is 4.46. The molecular weight excluding hydrogens is 269 g/mol. The Balaban J connectivity index is 1.88. The van der Waals surface area contributed by atoms with Gasteiger partial charge in [0.25, 0.3) is 5.91 Å². The largest absolute Gasteiger partial charge is 0.507 e. The Kier molecular flexibility index (Phi) is 3.13. The number of fused-ring (bicyclic) bond motifs is 2. The Labute approximate surface area is 116 Å². The number of benzene rings is 1. The lowest BCUT2D eigenvalue weighted by Crippen LogP contribution is -2.46. The highest BCUT2D eigenvalue weighted by Gasteiger charge is 2.43. The van der Waals surface area contributed by atoms with E-state index in [4.69, 9.17) is 11.6 Å². The molecule has 1 N–H and O–H groups in total. The molecule has 2 fully saturated rings. The zero-order chi connectivity index (χ0) is 13.6. The van der Waals surface area contributed by atoms with Gasteiger partial charge >= 0.3 is 0 Å². The predicted octanol–water partition coefficient (Wildman–Crippen LogP) is 2.91. The number of hydrogen-bond donors (Lipinski definition) is 1. The summed E-state index contributed by atoms with van der Waals surface area (Å²) in [6.45, 7) is 0. The summed E-state index contributed by atoms with van der Waals surface area (Å²) in [5, 5.41) is 9.85. The monoisotopic (exact) mass is 283 g/mol. The van der Waals surface area contributed by atoms with E-state index in [1.54, 1.807) is 0 Å². The Morgan fingerprint density at radius 3 is 2.53 bits per heavy atom. The SMILES string of the molecule is O=C(c1ccc(F)cc1O)N1C2CCC1CC(Cl)C2.